The second kappa shape index (κ2) is 9.53. The minimum Gasteiger partial charge on any atom is -0.495 e. The molecule has 0 aromatic heterocycles. The fraction of sp³-hybridized carbons (Fsp3) is 0.381. The monoisotopic (exact) mass is 482 g/mol. The molecule has 9 nitrogen and oxygen atoms in total. The summed E-state index contributed by atoms with van der Waals surface area (Å²) in [5.41, 5.74) is 0.504. The molecule has 2 N–H and O–H groups in total. The van der Waals surface area contributed by atoms with Gasteiger partial charge in [0.05, 0.1) is 43.9 Å². The number of anilines is 1. The van der Waals surface area contributed by atoms with Crippen molar-refractivity contribution < 1.29 is 32.3 Å². The van der Waals surface area contributed by atoms with Crippen molar-refractivity contribution in [3.05, 3.63) is 41.4 Å². The molecule has 0 radical (unpaired) electrons. The number of quaternary nitrogens is 1. The van der Waals surface area contributed by atoms with Gasteiger partial charge >= 0.3 is 0 Å². The molecule has 1 fully saturated rings. The number of hydrogen-bond acceptors (Lipinski definition) is 6. The molecule has 4 rings (SSSR count). The number of halogens is 1. The van der Waals surface area contributed by atoms with Crippen LogP contribution in [0.1, 0.15) is 0 Å². The number of piperazine rings is 1. The molecule has 172 valence electrons. The number of sulfonamides is 1. The molecule has 2 heterocycles. The summed E-state index contributed by atoms with van der Waals surface area (Å²) in [4.78, 5) is 13.7. The van der Waals surface area contributed by atoms with Gasteiger partial charge in [0.1, 0.15) is 19.0 Å². The summed E-state index contributed by atoms with van der Waals surface area (Å²) in [6.07, 6.45) is 0. The Morgan fingerprint density at radius 1 is 1.12 bits per heavy atom. The predicted octanol–water partition coefficient (Wildman–Crippen LogP) is 0.648. The number of fused-ring (bicyclic) bond motifs is 1. The first kappa shape index (κ1) is 22.7. The van der Waals surface area contributed by atoms with E-state index in [1.807, 2.05) is 0 Å². The number of benzene rings is 2. The first-order valence-corrected chi connectivity index (χ1v) is 12.1. The van der Waals surface area contributed by atoms with Crippen molar-refractivity contribution >= 4 is 33.2 Å². The molecule has 2 aromatic carbocycles. The highest BCUT2D eigenvalue weighted by Gasteiger charge is 2.32. The number of rotatable bonds is 6. The maximum atomic E-state index is 13.1. The van der Waals surface area contributed by atoms with E-state index in [1.165, 1.54) is 23.5 Å². The Morgan fingerprint density at radius 3 is 2.56 bits per heavy atom. The zero-order chi connectivity index (χ0) is 22.7. The van der Waals surface area contributed by atoms with Crippen molar-refractivity contribution in [2.24, 2.45) is 0 Å². The molecule has 2 aliphatic rings. The van der Waals surface area contributed by atoms with Crippen molar-refractivity contribution in [3.63, 3.8) is 0 Å². The average molecular weight is 483 g/mol. The van der Waals surface area contributed by atoms with E-state index < -0.39 is 10.0 Å². The number of carbonyl (C=O) groups is 1. The molecule has 0 atom stereocenters. The van der Waals surface area contributed by atoms with Crippen LogP contribution >= 0.6 is 11.6 Å². The predicted molar refractivity (Wildman–Crippen MR) is 118 cm³/mol. The molecule has 0 aliphatic carbocycles. The van der Waals surface area contributed by atoms with Crippen LogP contribution in [0, 0.1) is 0 Å². The molecule has 1 amide bonds. The summed E-state index contributed by atoms with van der Waals surface area (Å²) in [6.45, 7) is 2.73. The maximum Gasteiger partial charge on any atom is 0.279 e. The van der Waals surface area contributed by atoms with Gasteiger partial charge in [0.15, 0.2) is 18.0 Å². The molecule has 11 heteroatoms. The maximum absolute atomic E-state index is 13.1. The number of nitrogens with zero attached hydrogens (tertiary/aromatic N) is 1. The Hall–Kier alpha value is -2.53. The number of amides is 1. The number of carbonyl (C=O) groups excluding carboxylic acids is 1. The van der Waals surface area contributed by atoms with E-state index in [0.717, 1.165) is 4.90 Å². The van der Waals surface area contributed by atoms with Crippen LogP contribution in [-0.4, -0.2) is 71.7 Å². The van der Waals surface area contributed by atoms with E-state index in [2.05, 4.69) is 5.32 Å². The molecule has 0 bridgehead atoms. The summed E-state index contributed by atoms with van der Waals surface area (Å²) in [6, 6.07) is 9.67. The van der Waals surface area contributed by atoms with Crippen molar-refractivity contribution in [1.29, 1.82) is 0 Å². The molecule has 0 spiro atoms. The molecule has 32 heavy (non-hydrogen) atoms. The smallest absolute Gasteiger partial charge is 0.279 e. The minimum absolute atomic E-state index is 0.177. The zero-order valence-corrected chi connectivity index (χ0v) is 19.2. The second-order valence-corrected chi connectivity index (χ2v) is 9.90. The normalized spacial score (nSPS) is 17.1. The Balaban J connectivity index is 1.35. The van der Waals surface area contributed by atoms with Crippen molar-refractivity contribution in [1.82, 2.24) is 4.31 Å². The highest BCUT2D eigenvalue weighted by atomic mass is 35.5. The van der Waals surface area contributed by atoms with Crippen molar-refractivity contribution in [3.8, 4) is 17.2 Å². The molecular formula is C21H25ClN3O6S+. The van der Waals surface area contributed by atoms with E-state index in [9.17, 15) is 13.2 Å². The molecule has 0 unspecified atom stereocenters. The molecule has 0 saturated carbocycles. The van der Waals surface area contributed by atoms with Gasteiger partial charge in [-0.2, -0.15) is 4.31 Å². The molecular weight excluding hydrogens is 458 g/mol. The number of hydrogen-bond donors (Lipinski definition) is 2. The Bertz CT molecular complexity index is 1100. The van der Waals surface area contributed by atoms with E-state index in [0.29, 0.717) is 67.4 Å². The van der Waals surface area contributed by atoms with Crippen LogP contribution in [-0.2, 0) is 14.8 Å². The van der Waals surface area contributed by atoms with Crippen LogP contribution < -0.4 is 24.4 Å². The standard InChI is InChI=1S/C21H24ClN3O6S/c1-29-18-4-2-15(22)12-17(18)23-21(26)14-24-6-8-25(9-7-24)32(27,28)16-3-5-19-20(13-16)31-11-10-30-19/h2-5,12-13H,6-11,14H2,1H3,(H,23,26)/p+1. The van der Waals surface area contributed by atoms with Crippen LogP contribution in [0.2, 0.25) is 5.02 Å². The summed E-state index contributed by atoms with van der Waals surface area (Å²) < 4.78 is 43.8. The topological polar surface area (TPSA) is 98.6 Å². The van der Waals surface area contributed by atoms with Crippen LogP contribution in [0.5, 0.6) is 17.2 Å². The third-order valence-electron chi connectivity index (χ3n) is 5.43. The lowest BCUT2D eigenvalue weighted by Crippen LogP contribution is -3.15. The average Bonchev–Trinajstić information content (AvgIpc) is 2.79. The lowest BCUT2D eigenvalue weighted by atomic mass is 10.3. The van der Waals surface area contributed by atoms with Crippen LogP contribution in [0.25, 0.3) is 0 Å². The Labute approximate surface area is 191 Å². The molecule has 2 aromatic rings. The Kier molecular flexibility index (Phi) is 6.75. The first-order chi connectivity index (χ1) is 15.4. The number of nitrogens with one attached hydrogen (secondary N) is 2. The lowest BCUT2D eigenvalue weighted by Gasteiger charge is -2.31. The fourth-order valence-electron chi connectivity index (χ4n) is 3.75. The van der Waals surface area contributed by atoms with Gasteiger partial charge in [0, 0.05) is 11.1 Å². The lowest BCUT2D eigenvalue weighted by molar-refractivity contribution is -0.895. The third kappa shape index (κ3) is 4.93. The van der Waals surface area contributed by atoms with Crippen LogP contribution in [0.15, 0.2) is 41.3 Å². The highest BCUT2D eigenvalue weighted by molar-refractivity contribution is 7.89. The third-order valence-corrected chi connectivity index (χ3v) is 7.56. The van der Waals surface area contributed by atoms with Crippen LogP contribution in [0.3, 0.4) is 0 Å². The van der Waals surface area contributed by atoms with Crippen molar-refractivity contribution in [2.45, 2.75) is 4.90 Å². The van der Waals surface area contributed by atoms with Gasteiger partial charge in [-0.25, -0.2) is 8.42 Å². The van der Waals surface area contributed by atoms with E-state index in [-0.39, 0.29) is 17.3 Å². The van der Waals surface area contributed by atoms with Gasteiger partial charge < -0.3 is 24.4 Å². The second-order valence-electron chi connectivity index (χ2n) is 7.53. The Morgan fingerprint density at radius 2 is 1.84 bits per heavy atom. The highest BCUT2D eigenvalue weighted by Crippen LogP contribution is 2.33. The van der Waals surface area contributed by atoms with Crippen molar-refractivity contribution in [2.75, 3.05) is 58.4 Å². The summed E-state index contributed by atoms with van der Waals surface area (Å²) >= 11 is 6.01. The van der Waals surface area contributed by atoms with E-state index in [1.54, 1.807) is 24.3 Å². The summed E-state index contributed by atoms with van der Waals surface area (Å²) in [5.74, 6) is 1.32. The summed E-state index contributed by atoms with van der Waals surface area (Å²) in [7, 11) is -2.14. The summed E-state index contributed by atoms with van der Waals surface area (Å²) in [5, 5.41) is 3.31. The number of methoxy groups -OCH3 is 1. The molecule has 2 aliphatic heterocycles. The van der Waals surface area contributed by atoms with Crippen LogP contribution in [0.4, 0.5) is 5.69 Å². The fourth-order valence-corrected chi connectivity index (χ4v) is 5.38. The van der Waals surface area contributed by atoms with Gasteiger partial charge in [0.2, 0.25) is 10.0 Å². The SMILES string of the molecule is COc1ccc(Cl)cc1NC(=O)C[NH+]1CCN(S(=O)(=O)c2ccc3c(c2)OCCO3)CC1. The zero-order valence-electron chi connectivity index (χ0n) is 17.6. The minimum atomic E-state index is -3.66. The first-order valence-electron chi connectivity index (χ1n) is 10.2. The van der Waals surface area contributed by atoms with Gasteiger partial charge in [-0.3, -0.25) is 4.79 Å². The largest absolute Gasteiger partial charge is 0.495 e. The quantitative estimate of drug-likeness (QED) is 0.627. The number of ether oxygens (including phenoxy) is 3. The van der Waals surface area contributed by atoms with Gasteiger partial charge in [-0.15, -0.1) is 0 Å². The van der Waals surface area contributed by atoms with E-state index in [4.69, 9.17) is 25.8 Å². The van der Waals surface area contributed by atoms with E-state index >= 15 is 0 Å². The van der Waals surface area contributed by atoms with Gasteiger partial charge in [-0.05, 0) is 30.3 Å². The van der Waals surface area contributed by atoms with Gasteiger partial charge in [0.25, 0.3) is 5.91 Å². The van der Waals surface area contributed by atoms with Gasteiger partial charge in [-0.1, -0.05) is 11.6 Å². The molecule has 1 saturated heterocycles.